The number of nitro benzene ring substituents is 1. The number of rotatable bonds is 5. The molecule has 2 aromatic rings. The Bertz CT molecular complexity index is 1060. The summed E-state index contributed by atoms with van der Waals surface area (Å²) in [7, 11) is 0. The first-order valence-electron chi connectivity index (χ1n) is 8.38. The zero-order valence-electron chi connectivity index (χ0n) is 15.6. The third kappa shape index (κ3) is 5.94. The fraction of sp³-hybridized carbons (Fsp3) is 0.211. The second-order valence-electron chi connectivity index (χ2n) is 5.77. The van der Waals surface area contributed by atoms with Crippen LogP contribution in [0.4, 0.5) is 18.9 Å². The average Bonchev–Trinajstić information content (AvgIpc) is 2.66. The van der Waals surface area contributed by atoms with E-state index in [0.717, 1.165) is 29.2 Å². The molecule has 2 rings (SSSR count). The van der Waals surface area contributed by atoms with Crippen molar-refractivity contribution in [2.45, 2.75) is 13.1 Å². The van der Waals surface area contributed by atoms with Crippen molar-refractivity contribution < 1.29 is 27.6 Å². The van der Waals surface area contributed by atoms with E-state index in [9.17, 15) is 28.1 Å². The maximum absolute atomic E-state index is 13.0. The van der Waals surface area contributed by atoms with E-state index in [-0.39, 0.29) is 29.5 Å². The molecule has 6 nitrogen and oxygen atoms in total. The Morgan fingerprint density at radius 3 is 2.29 bits per heavy atom. The van der Waals surface area contributed by atoms with Gasteiger partial charge in [-0.2, -0.15) is 13.2 Å². The highest BCUT2D eigenvalue weighted by molar-refractivity contribution is 6.36. The smallest absolute Gasteiger partial charge is 0.419 e. The van der Waals surface area contributed by atoms with Crippen LogP contribution in [0.5, 0.6) is 11.5 Å². The minimum Gasteiger partial charge on any atom is -0.457 e. The van der Waals surface area contributed by atoms with Crippen molar-refractivity contribution in [3.8, 4) is 23.5 Å². The second kappa shape index (κ2) is 10.1. The number of halogens is 6. The van der Waals surface area contributed by atoms with E-state index in [1.807, 2.05) is 0 Å². The van der Waals surface area contributed by atoms with E-state index in [4.69, 9.17) is 39.5 Å². The number of hydrogen-bond donors (Lipinski definition) is 0. The summed E-state index contributed by atoms with van der Waals surface area (Å²) in [5.74, 6) is 1.42. The highest BCUT2D eigenvalue weighted by Crippen LogP contribution is 2.42. The molecule has 1 amide bonds. The van der Waals surface area contributed by atoms with Gasteiger partial charge in [0.15, 0.2) is 0 Å². The van der Waals surface area contributed by atoms with Crippen LogP contribution >= 0.6 is 34.8 Å². The zero-order chi connectivity index (χ0) is 23.3. The normalized spacial score (nSPS) is 10.8. The minimum absolute atomic E-state index is 0.0511. The van der Waals surface area contributed by atoms with E-state index in [2.05, 4.69) is 12.0 Å². The molecular formula is C19H12Cl3F3N2O4. The van der Waals surface area contributed by atoms with Crippen LogP contribution in [-0.2, 0) is 6.18 Å². The number of carbonyl (C=O) groups excluding carboxylic acids is 1. The van der Waals surface area contributed by atoms with Gasteiger partial charge in [0, 0.05) is 36.9 Å². The van der Waals surface area contributed by atoms with Gasteiger partial charge in [-0.25, -0.2) is 0 Å². The molecule has 0 saturated heterocycles. The first-order valence-corrected chi connectivity index (χ1v) is 9.67. The maximum Gasteiger partial charge on any atom is 0.419 e. The third-order valence-electron chi connectivity index (χ3n) is 3.77. The Hall–Kier alpha value is -2.67. The SMILES string of the molecule is CCN(C#CCCl)C(=O)c1cc(Oc2cc(Cl)c(C(F)(F)F)c(Cl)c2)ccc1[N+](=O)[O-]. The molecule has 0 aliphatic heterocycles. The number of ether oxygens (including phenoxy) is 1. The van der Waals surface area contributed by atoms with Gasteiger partial charge in [-0.05, 0) is 13.0 Å². The molecule has 2 aromatic carbocycles. The number of benzene rings is 2. The Balaban J connectivity index is 2.47. The van der Waals surface area contributed by atoms with E-state index in [1.165, 1.54) is 6.07 Å². The Kier molecular flexibility index (Phi) is 8.01. The summed E-state index contributed by atoms with van der Waals surface area (Å²) in [6.07, 6.45) is -4.77. The second-order valence-corrected chi connectivity index (χ2v) is 6.85. The van der Waals surface area contributed by atoms with Crippen molar-refractivity contribution in [2.24, 2.45) is 0 Å². The van der Waals surface area contributed by atoms with Gasteiger partial charge in [-0.3, -0.25) is 19.8 Å². The molecule has 0 spiro atoms. The highest BCUT2D eigenvalue weighted by atomic mass is 35.5. The molecule has 0 unspecified atom stereocenters. The summed E-state index contributed by atoms with van der Waals surface area (Å²) in [5, 5.41) is 9.95. The molecule has 0 atom stereocenters. The zero-order valence-corrected chi connectivity index (χ0v) is 17.9. The van der Waals surface area contributed by atoms with Crippen molar-refractivity contribution in [2.75, 3.05) is 12.4 Å². The molecule has 0 saturated carbocycles. The molecule has 0 aromatic heterocycles. The van der Waals surface area contributed by atoms with Crippen molar-refractivity contribution >= 4 is 46.4 Å². The molecule has 0 aliphatic rings. The number of alkyl halides is 4. The molecule has 12 heteroatoms. The van der Waals surface area contributed by atoms with Crippen LogP contribution in [0.15, 0.2) is 30.3 Å². The summed E-state index contributed by atoms with van der Waals surface area (Å²) in [6.45, 7) is 1.73. The number of nitro groups is 1. The van der Waals surface area contributed by atoms with Crippen molar-refractivity contribution in [3.63, 3.8) is 0 Å². The van der Waals surface area contributed by atoms with Gasteiger partial charge in [0.25, 0.3) is 11.6 Å². The topological polar surface area (TPSA) is 72.7 Å². The van der Waals surface area contributed by atoms with Crippen molar-refractivity contribution in [3.05, 3.63) is 61.6 Å². The summed E-state index contributed by atoms with van der Waals surface area (Å²) in [4.78, 5) is 24.3. The van der Waals surface area contributed by atoms with Crippen LogP contribution in [0, 0.1) is 22.1 Å². The Labute approximate surface area is 189 Å². The predicted molar refractivity (Wildman–Crippen MR) is 110 cm³/mol. The highest BCUT2D eigenvalue weighted by Gasteiger charge is 2.36. The first-order chi connectivity index (χ1) is 14.5. The first kappa shape index (κ1) is 24.6. The molecule has 0 aliphatic carbocycles. The third-order valence-corrected chi connectivity index (χ3v) is 4.50. The maximum atomic E-state index is 13.0. The van der Waals surface area contributed by atoms with Crippen molar-refractivity contribution in [1.82, 2.24) is 4.90 Å². The van der Waals surface area contributed by atoms with Gasteiger partial charge in [-0.15, -0.1) is 11.6 Å². The molecule has 164 valence electrons. The molecule has 0 fully saturated rings. The van der Waals surface area contributed by atoms with E-state index < -0.39 is 38.3 Å². The number of amides is 1. The lowest BCUT2D eigenvalue weighted by molar-refractivity contribution is -0.385. The number of hydrogen-bond acceptors (Lipinski definition) is 4. The summed E-state index contributed by atoms with van der Waals surface area (Å²) < 4.78 is 44.4. The summed E-state index contributed by atoms with van der Waals surface area (Å²) in [5.41, 5.74) is -2.07. The molecule has 31 heavy (non-hydrogen) atoms. The Morgan fingerprint density at radius 1 is 1.19 bits per heavy atom. The standard InChI is InChI=1S/C19H12Cl3F3N2O4/c1-2-26(7-3-6-20)18(28)13-8-11(4-5-16(13)27(29)30)31-12-9-14(21)17(15(22)10-12)19(23,24)25/h4-5,8-10H,2,6H2,1H3. The van der Waals surface area contributed by atoms with Crippen LogP contribution in [0.25, 0.3) is 0 Å². The average molecular weight is 496 g/mol. The minimum atomic E-state index is -4.77. The molecule has 0 N–H and O–H groups in total. The van der Waals surface area contributed by atoms with E-state index in [0.29, 0.717) is 0 Å². The van der Waals surface area contributed by atoms with Gasteiger partial charge >= 0.3 is 6.18 Å². The van der Waals surface area contributed by atoms with Gasteiger partial charge in [0.2, 0.25) is 0 Å². The summed E-state index contributed by atoms with van der Waals surface area (Å²) >= 11 is 16.8. The molecule has 0 heterocycles. The lowest BCUT2D eigenvalue weighted by atomic mass is 10.1. The molecule has 0 radical (unpaired) electrons. The lowest BCUT2D eigenvalue weighted by Gasteiger charge is -2.15. The lowest BCUT2D eigenvalue weighted by Crippen LogP contribution is -2.26. The number of nitrogens with zero attached hydrogens (tertiary/aromatic N) is 2. The summed E-state index contributed by atoms with van der Waals surface area (Å²) in [6, 6.07) is 7.55. The van der Waals surface area contributed by atoms with Crippen LogP contribution in [-0.4, -0.2) is 28.2 Å². The van der Waals surface area contributed by atoms with Gasteiger partial charge in [0.05, 0.1) is 26.4 Å². The van der Waals surface area contributed by atoms with Crippen LogP contribution in [0.2, 0.25) is 10.0 Å². The van der Waals surface area contributed by atoms with Crippen LogP contribution in [0.1, 0.15) is 22.8 Å². The number of carbonyl (C=O) groups is 1. The fourth-order valence-electron chi connectivity index (χ4n) is 2.47. The quantitative estimate of drug-likeness (QED) is 0.159. The van der Waals surface area contributed by atoms with Crippen LogP contribution in [0.3, 0.4) is 0 Å². The van der Waals surface area contributed by atoms with Gasteiger partial charge in [0.1, 0.15) is 17.1 Å². The van der Waals surface area contributed by atoms with Crippen LogP contribution < -0.4 is 4.74 Å². The van der Waals surface area contributed by atoms with Crippen molar-refractivity contribution in [1.29, 1.82) is 0 Å². The molecular weight excluding hydrogens is 484 g/mol. The Morgan fingerprint density at radius 2 is 1.81 bits per heavy atom. The largest absolute Gasteiger partial charge is 0.457 e. The van der Waals surface area contributed by atoms with E-state index >= 15 is 0 Å². The van der Waals surface area contributed by atoms with Gasteiger partial charge in [-0.1, -0.05) is 29.1 Å². The predicted octanol–water partition coefficient (Wildman–Crippen LogP) is 6.37. The van der Waals surface area contributed by atoms with E-state index in [1.54, 1.807) is 6.92 Å². The monoisotopic (exact) mass is 494 g/mol. The van der Waals surface area contributed by atoms with Gasteiger partial charge < -0.3 is 4.74 Å². The molecule has 0 bridgehead atoms. The fourth-order valence-corrected chi connectivity index (χ4v) is 3.21.